The lowest BCUT2D eigenvalue weighted by Gasteiger charge is -2.30. The molecule has 0 aliphatic heterocycles. The smallest absolute Gasteiger partial charge is 0.303 e. The first kappa shape index (κ1) is 14.9. The summed E-state index contributed by atoms with van der Waals surface area (Å²) >= 11 is 0. The zero-order valence-electron chi connectivity index (χ0n) is 11.1. The topological polar surface area (TPSA) is 66.8 Å². The van der Waals surface area contributed by atoms with E-state index in [1.54, 1.807) is 19.1 Å². The predicted octanol–water partition coefficient (Wildman–Crippen LogP) is 3.25. The summed E-state index contributed by atoms with van der Waals surface area (Å²) in [6.07, 6.45) is 0.378. The van der Waals surface area contributed by atoms with Crippen LogP contribution in [0.15, 0.2) is 60.7 Å². The maximum atomic E-state index is 11.3. The lowest BCUT2D eigenvalue weighted by atomic mass is 9.89. The maximum Gasteiger partial charge on any atom is 0.470 e. The summed E-state index contributed by atoms with van der Waals surface area (Å²) in [6, 6.07) is 18.6. The Morgan fingerprint density at radius 2 is 1.50 bits per heavy atom. The fourth-order valence-corrected chi connectivity index (χ4v) is 2.92. The van der Waals surface area contributed by atoms with E-state index in [0.29, 0.717) is 6.42 Å². The number of benzene rings is 2. The zero-order chi connectivity index (χ0) is 14.6. The van der Waals surface area contributed by atoms with E-state index in [1.165, 1.54) is 0 Å². The van der Waals surface area contributed by atoms with Crippen LogP contribution in [0, 0.1) is 0 Å². The summed E-state index contributed by atoms with van der Waals surface area (Å²) in [7, 11) is -4.59. The van der Waals surface area contributed by atoms with Gasteiger partial charge in [0.2, 0.25) is 0 Å². The molecule has 0 radical (unpaired) electrons. The monoisotopic (exact) mass is 292 g/mol. The van der Waals surface area contributed by atoms with Gasteiger partial charge in [0.15, 0.2) is 0 Å². The minimum Gasteiger partial charge on any atom is -0.303 e. The van der Waals surface area contributed by atoms with Crippen molar-refractivity contribution >= 4 is 7.82 Å². The summed E-state index contributed by atoms with van der Waals surface area (Å²) in [5, 5.41) is 0. The molecule has 2 rings (SSSR count). The van der Waals surface area contributed by atoms with E-state index in [0.717, 1.165) is 11.1 Å². The molecule has 0 amide bonds. The molecule has 2 aromatic rings. The van der Waals surface area contributed by atoms with Gasteiger partial charge >= 0.3 is 7.82 Å². The van der Waals surface area contributed by atoms with Gasteiger partial charge in [-0.2, -0.15) is 0 Å². The summed E-state index contributed by atoms with van der Waals surface area (Å²) < 4.78 is 16.4. The molecule has 0 spiro atoms. The summed E-state index contributed by atoms with van der Waals surface area (Å²) in [6.45, 7) is 1.69. The average Bonchev–Trinajstić information content (AvgIpc) is 2.39. The van der Waals surface area contributed by atoms with E-state index in [1.807, 2.05) is 48.5 Å². The minimum atomic E-state index is -4.59. The average molecular weight is 292 g/mol. The van der Waals surface area contributed by atoms with Gasteiger partial charge in [-0.25, -0.2) is 4.57 Å². The molecule has 0 aliphatic rings. The van der Waals surface area contributed by atoms with Gasteiger partial charge in [-0.05, 0) is 18.1 Å². The molecule has 20 heavy (non-hydrogen) atoms. The highest BCUT2D eigenvalue weighted by atomic mass is 31.2. The Balaban J connectivity index is 2.37. The Hall–Kier alpha value is -1.45. The highest BCUT2D eigenvalue weighted by molar-refractivity contribution is 7.46. The molecule has 4 nitrogen and oxygen atoms in total. The van der Waals surface area contributed by atoms with Crippen LogP contribution in [-0.4, -0.2) is 9.79 Å². The van der Waals surface area contributed by atoms with Crippen LogP contribution in [0.4, 0.5) is 0 Å². The van der Waals surface area contributed by atoms with E-state index < -0.39 is 13.4 Å². The number of hydrogen-bond acceptors (Lipinski definition) is 2. The van der Waals surface area contributed by atoms with Crippen LogP contribution in [0.2, 0.25) is 0 Å². The van der Waals surface area contributed by atoms with Crippen molar-refractivity contribution in [1.29, 1.82) is 0 Å². The van der Waals surface area contributed by atoms with Gasteiger partial charge in [0, 0.05) is 6.42 Å². The highest BCUT2D eigenvalue weighted by Crippen LogP contribution is 2.46. The number of rotatable bonds is 5. The van der Waals surface area contributed by atoms with Crippen LogP contribution < -0.4 is 0 Å². The van der Waals surface area contributed by atoms with Crippen molar-refractivity contribution in [2.45, 2.75) is 18.9 Å². The first-order valence-electron chi connectivity index (χ1n) is 6.25. The van der Waals surface area contributed by atoms with Gasteiger partial charge < -0.3 is 9.79 Å². The van der Waals surface area contributed by atoms with Crippen molar-refractivity contribution in [3.8, 4) is 0 Å². The van der Waals surface area contributed by atoms with Gasteiger partial charge in [-0.3, -0.25) is 4.52 Å². The van der Waals surface area contributed by atoms with E-state index in [9.17, 15) is 14.4 Å². The summed E-state index contributed by atoms with van der Waals surface area (Å²) in [5.41, 5.74) is 0.598. The minimum absolute atomic E-state index is 0.378. The maximum absolute atomic E-state index is 11.3. The van der Waals surface area contributed by atoms with Crippen LogP contribution >= 0.6 is 7.82 Å². The number of phosphoric acid groups is 1. The SMILES string of the molecule is CC(Cc1ccccc1)(OP(=O)(O)O)c1ccccc1. The van der Waals surface area contributed by atoms with E-state index >= 15 is 0 Å². The fraction of sp³-hybridized carbons (Fsp3) is 0.200. The largest absolute Gasteiger partial charge is 0.470 e. The molecule has 106 valence electrons. The van der Waals surface area contributed by atoms with Gasteiger partial charge in [0.25, 0.3) is 0 Å². The predicted molar refractivity (Wildman–Crippen MR) is 77.1 cm³/mol. The first-order valence-corrected chi connectivity index (χ1v) is 7.78. The second-order valence-electron chi connectivity index (χ2n) is 4.84. The van der Waals surface area contributed by atoms with Crippen LogP contribution in [0.1, 0.15) is 18.1 Å². The molecule has 0 aliphatic carbocycles. The lowest BCUT2D eigenvalue weighted by Crippen LogP contribution is -2.27. The number of phosphoric ester groups is 1. The van der Waals surface area contributed by atoms with Crippen molar-refractivity contribution in [2.75, 3.05) is 0 Å². The van der Waals surface area contributed by atoms with E-state index in [4.69, 9.17) is 4.52 Å². The van der Waals surface area contributed by atoms with Crippen molar-refractivity contribution in [1.82, 2.24) is 0 Å². The Labute approximate surface area is 118 Å². The Morgan fingerprint density at radius 1 is 1.00 bits per heavy atom. The number of hydrogen-bond donors (Lipinski definition) is 2. The molecule has 0 bridgehead atoms. The molecule has 2 aromatic carbocycles. The zero-order valence-corrected chi connectivity index (χ0v) is 12.0. The normalized spacial score (nSPS) is 14.8. The Morgan fingerprint density at radius 3 is 2.00 bits per heavy atom. The highest BCUT2D eigenvalue weighted by Gasteiger charge is 2.35. The van der Waals surface area contributed by atoms with E-state index in [-0.39, 0.29) is 0 Å². The molecule has 0 fully saturated rings. The molecule has 5 heteroatoms. The van der Waals surface area contributed by atoms with Crippen LogP contribution in [0.25, 0.3) is 0 Å². The summed E-state index contributed by atoms with van der Waals surface area (Å²) in [5.74, 6) is 0. The third-order valence-corrected chi connectivity index (χ3v) is 3.73. The molecular weight excluding hydrogens is 275 g/mol. The molecule has 1 atom stereocenters. The molecule has 0 heterocycles. The third-order valence-electron chi connectivity index (χ3n) is 3.09. The summed E-state index contributed by atoms with van der Waals surface area (Å²) in [4.78, 5) is 18.4. The van der Waals surface area contributed by atoms with E-state index in [2.05, 4.69) is 0 Å². The molecule has 0 saturated carbocycles. The molecule has 0 saturated heterocycles. The van der Waals surface area contributed by atoms with Crippen molar-refractivity contribution in [3.05, 3.63) is 71.8 Å². The van der Waals surface area contributed by atoms with Crippen molar-refractivity contribution < 1.29 is 18.9 Å². The van der Waals surface area contributed by atoms with Gasteiger partial charge in [-0.1, -0.05) is 60.7 Å². The second kappa shape index (κ2) is 5.90. The van der Waals surface area contributed by atoms with Gasteiger partial charge in [0.1, 0.15) is 5.60 Å². The van der Waals surface area contributed by atoms with Crippen LogP contribution in [-0.2, 0) is 21.1 Å². The molecular formula is C15H17O4P. The fourth-order valence-electron chi connectivity index (χ4n) is 2.23. The standard InChI is InChI=1S/C15H17O4P/c1-15(19-20(16,17)18,14-10-6-3-7-11-14)12-13-8-4-2-5-9-13/h2-11H,12H2,1H3,(H2,16,17,18). The van der Waals surface area contributed by atoms with Gasteiger partial charge in [0.05, 0.1) is 0 Å². The molecule has 2 N–H and O–H groups in total. The van der Waals surface area contributed by atoms with Crippen LogP contribution in [0.5, 0.6) is 0 Å². The Kier molecular flexibility index (Phi) is 4.41. The van der Waals surface area contributed by atoms with Crippen molar-refractivity contribution in [2.24, 2.45) is 0 Å². The lowest BCUT2D eigenvalue weighted by molar-refractivity contribution is 0.0469. The quantitative estimate of drug-likeness (QED) is 0.830. The van der Waals surface area contributed by atoms with Gasteiger partial charge in [-0.15, -0.1) is 0 Å². The second-order valence-corrected chi connectivity index (χ2v) is 6.00. The molecule has 0 aromatic heterocycles. The van der Waals surface area contributed by atoms with Crippen LogP contribution in [0.3, 0.4) is 0 Å². The first-order chi connectivity index (χ1) is 9.39. The molecule has 1 unspecified atom stereocenters. The Bertz CT molecular complexity index is 594. The third kappa shape index (κ3) is 4.02. The van der Waals surface area contributed by atoms with Crippen molar-refractivity contribution in [3.63, 3.8) is 0 Å².